The molecule has 1 aliphatic rings. The highest BCUT2D eigenvalue weighted by Crippen LogP contribution is 2.47. The van der Waals surface area contributed by atoms with Gasteiger partial charge in [0.25, 0.3) is 12.3 Å². The predicted octanol–water partition coefficient (Wildman–Crippen LogP) is 3.08. The van der Waals surface area contributed by atoms with Gasteiger partial charge in [-0.2, -0.15) is 0 Å². The summed E-state index contributed by atoms with van der Waals surface area (Å²) in [7, 11) is 0. The minimum atomic E-state index is -3.61. The first kappa shape index (κ1) is 14.0. The van der Waals surface area contributed by atoms with Gasteiger partial charge < -0.3 is 11.1 Å². The molecule has 0 amide bonds. The second-order valence-corrected chi connectivity index (χ2v) is 4.98. The van der Waals surface area contributed by atoms with Crippen molar-refractivity contribution >= 4 is 22.9 Å². The molecule has 7 heteroatoms. The molecule has 104 valence electrons. The summed E-state index contributed by atoms with van der Waals surface area (Å²) in [6.45, 7) is 0. The number of hydrogen-bond acceptors (Lipinski definition) is 2. The van der Waals surface area contributed by atoms with E-state index < -0.39 is 24.3 Å². The summed E-state index contributed by atoms with van der Waals surface area (Å²) in [5, 5.41) is 2.14. The summed E-state index contributed by atoms with van der Waals surface area (Å²) in [6, 6.07) is 5.14. The molecular weight excluding hydrogens is 280 g/mol. The molecule has 2 rings (SSSR count). The lowest BCUT2D eigenvalue weighted by atomic mass is 9.79. The number of halogens is 4. The van der Waals surface area contributed by atoms with Gasteiger partial charge >= 0.3 is 0 Å². The zero-order valence-corrected chi connectivity index (χ0v) is 10.6. The summed E-state index contributed by atoms with van der Waals surface area (Å²) >= 11 is 4.80. The van der Waals surface area contributed by atoms with E-state index in [4.69, 9.17) is 18.0 Å². The van der Waals surface area contributed by atoms with Crippen LogP contribution in [0, 0.1) is 0 Å². The molecule has 1 aliphatic heterocycles. The van der Waals surface area contributed by atoms with E-state index in [1.54, 1.807) is 0 Å². The van der Waals surface area contributed by atoms with Gasteiger partial charge in [0.2, 0.25) is 0 Å². The monoisotopic (exact) mass is 292 g/mol. The maximum atomic E-state index is 14.1. The molecule has 0 bridgehead atoms. The SMILES string of the molecule is Nc1cccc([C@@]2(C(F)F)NC(=S)CCC2(F)F)c1. The quantitative estimate of drug-likeness (QED) is 0.500. The molecule has 1 heterocycles. The van der Waals surface area contributed by atoms with Gasteiger partial charge in [-0.1, -0.05) is 24.4 Å². The molecular formula is C12H12F4N2S. The molecule has 2 nitrogen and oxygen atoms in total. The Morgan fingerprint density at radius 2 is 2.00 bits per heavy atom. The highest BCUT2D eigenvalue weighted by Gasteiger charge is 2.63. The molecule has 1 saturated heterocycles. The normalized spacial score (nSPS) is 26.3. The molecule has 0 aromatic heterocycles. The van der Waals surface area contributed by atoms with Crippen LogP contribution >= 0.6 is 12.2 Å². The predicted molar refractivity (Wildman–Crippen MR) is 68.5 cm³/mol. The smallest absolute Gasteiger partial charge is 0.280 e. The molecule has 1 atom stereocenters. The number of benzene rings is 1. The molecule has 1 aromatic carbocycles. The van der Waals surface area contributed by atoms with Gasteiger partial charge in [-0.15, -0.1) is 0 Å². The zero-order chi connectivity index (χ0) is 14.3. The lowest BCUT2D eigenvalue weighted by molar-refractivity contribution is -0.157. The first-order chi connectivity index (χ1) is 8.79. The third kappa shape index (κ3) is 2.16. The van der Waals surface area contributed by atoms with Crippen molar-refractivity contribution in [2.45, 2.75) is 30.7 Å². The van der Waals surface area contributed by atoms with Crippen LogP contribution in [0.2, 0.25) is 0 Å². The molecule has 19 heavy (non-hydrogen) atoms. The van der Waals surface area contributed by atoms with Crippen LogP contribution in [0.3, 0.4) is 0 Å². The van der Waals surface area contributed by atoms with Crippen molar-refractivity contribution in [3.63, 3.8) is 0 Å². The molecule has 0 spiro atoms. The van der Waals surface area contributed by atoms with E-state index in [9.17, 15) is 17.6 Å². The molecule has 1 aromatic rings. The second-order valence-electron chi connectivity index (χ2n) is 4.49. The Morgan fingerprint density at radius 3 is 2.58 bits per heavy atom. The Hall–Kier alpha value is -1.37. The summed E-state index contributed by atoms with van der Waals surface area (Å²) in [5.74, 6) is -3.61. The number of alkyl halides is 4. The van der Waals surface area contributed by atoms with E-state index in [0.717, 1.165) is 6.07 Å². The van der Waals surface area contributed by atoms with Crippen molar-refractivity contribution in [3.05, 3.63) is 29.8 Å². The van der Waals surface area contributed by atoms with Gasteiger partial charge in [0.1, 0.15) is 0 Å². The van der Waals surface area contributed by atoms with Crippen LogP contribution in [0.1, 0.15) is 18.4 Å². The van der Waals surface area contributed by atoms with Crippen molar-refractivity contribution in [1.82, 2.24) is 5.32 Å². The van der Waals surface area contributed by atoms with Crippen molar-refractivity contribution in [1.29, 1.82) is 0 Å². The van der Waals surface area contributed by atoms with Gasteiger partial charge in [0.05, 0.1) is 4.99 Å². The second kappa shape index (κ2) is 4.63. The van der Waals surface area contributed by atoms with E-state index in [1.807, 2.05) is 0 Å². The van der Waals surface area contributed by atoms with Crippen molar-refractivity contribution in [3.8, 4) is 0 Å². The largest absolute Gasteiger partial charge is 0.399 e. The minimum Gasteiger partial charge on any atom is -0.399 e. The van der Waals surface area contributed by atoms with E-state index in [2.05, 4.69) is 5.32 Å². The van der Waals surface area contributed by atoms with E-state index >= 15 is 0 Å². The van der Waals surface area contributed by atoms with Gasteiger partial charge in [-0.25, -0.2) is 17.6 Å². The van der Waals surface area contributed by atoms with Gasteiger partial charge in [0, 0.05) is 18.5 Å². The van der Waals surface area contributed by atoms with E-state index in [1.165, 1.54) is 18.2 Å². The first-order valence-corrected chi connectivity index (χ1v) is 6.03. The van der Waals surface area contributed by atoms with E-state index in [-0.39, 0.29) is 22.7 Å². The lowest BCUT2D eigenvalue weighted by Gasteiger charge is -2.44. The molecule has 0 saturated carbocycles. The Morgan fingerprint density at radius 1 is 1.32 bits per heavy atom. The van der Waals surface area contributed by atoms with Gasteiger partial charge in [-0.3, -0.25) is 0 Å². The average molecular weight is 292 g/mol. The topological polar surface area (TPSA) is 38.0 Å². The fourth-order valence-corrected chi connectivity index (χ4v) is 2.51. The van der Waals surface area contributed by atoms with Gasteiger partial charge in [0.15, 0.2) is 5.54 Å². The van der Waals surface area contributed by atoms with Crippen LogP contribution in [0.15, 0.2) is 24.3 Å². The summed E-state index contributed by atoms with van der Waals surface area (Å²) < 4.78 is 55.1. The number of nitrogen functional groups attached to an aromatic ring is 1. The molecule has 1 fully saturated rings. The highest BCUT2D eigenvalue weighted by molar-refractivity contribution is 7.80. The number of nitrogens with one attached hydrogen (secondary N) is 1. The summed E-state index contributed by atoms with van der Waals surface area (Å²) in [5.41, 5.74) is 2.58. The standard InChI is InChI=1S/C12H12F4N2S/c13-10(14)12(7-2-1-3-8(17)6-7)11(15,16)5-4-9(19)18-12/h1-3,6,10H,4-5,17H2,(H,18,19)/t12-/m0/s1. The van der Waals surface area contributed by atoms with Crippen molar-refractivity contribution < 1.29 is 17.6 Å². The number of rotatable bonds is 2. The number of anilines is 1. The number of hydrogen-bond donors (Lipinski definition) is 2. The Bertz CT molecular complexity index is 506. The third-order valence-corrected chi connectivity index (χ3v) is 3.56. The molecule has 0 radical (unpaired) electrons. The minimum absolute atomic E-state index is 0.00801. The third-order valence-electron chi connectivity index (χ3n) is 3.25. The summed E-state index contributed by atoms with van der Waals surface area (Å²) in [4.78, 5) is 0.00801. The Balaban J connectivity index is 2.62. The maximum Gasteiger partial charge on any atom is 0.280 e. The van der Waals surface area contributed by atoms with Crippen molar-refractivity contribution in [2.75, 3.05) is 5.73 Å². The van der Waals surface area contributed by atoms with Crippen LogP contribution in [-0.2, 0) is 5.54 Å². The van der Waals surface area contributed by atoms with E-state index in [0.29, 0.717) is 0 Å². The van der Waals surface area contributed by atoms with Crippen LogP contribution in [0.4, 0.5) is 23.2 Å². The maximum absolute atomic E-state index is 14.1. The Labute approximate surface area is 113 Å². The fourth-order valence-electron chi connectivity index (χ4n) is 2.25. The zero-order valence-electron chi connectivity index (χ0n) is 9.80. The number of thiocarbonyl (C=S) groups is 1. The molecule has 0 aliphatic carbocycles. The van der Waals surface area contributed by atoms with Crippen LogP contribution in [0.5, 0.6) is 0 Å². The Kier molecular flexibility index (Phi) is 3.42. The van der Waals surface area contributed by atoms with Crippen molar-refractivity contribution in [2.24, 2.45) is 0 Å². The number of nitrogens with two attached hydrogens (primary N) is 1. The summed E-state index contributed by atoms with van der Waals surface area (Å²) in [6.07, 6.45) is -4.14. The average Bonchev–Trinajstić information content (AvgIpc) is 2.32. The van der Waals surface area contributed by atoms with Gasteiger partial charge in [-0.05, 0) is 17.7 Å². The molecule has 3 N–H and O–H groups in total. The van der Waals surface area contributed by atoms with Crippen LogP contribution < -0.4 is 11.1 Å². The first-order valence-electron chi connectivity index (χ1n) is 5.62. The highest BCUT2D eigenvalue weighted by atomic mass is 32.1. The fraction of sp³-hybridized carbons (Fsp3) is 0.417. The molecule has 0 unspecified atom stereocenters. The lowest BCUT2D eigenvalue weighted by Crippen LogP contribution is -2.65. The number of piperidine rings is 1. The van der Waals surface area contributed by atoms with Crippen LogP contribution in [0.25, 0.3) is 0 Å². The van der Waals surface area contributed by atoms with Crippen LogP contribution in [-0.4, -0.2) is 17.3 Å².